The van der Waals surface area contributed by atoms with Crippen LogP contribution in [-0.2, 0) is 0 Å². The lowest BCUT2D eigenvalue weighted by atomic mass is 10.1. The molecule has 0 unspecified atom stereocenters. The van der Waals surface area contributed by atoms with E-state index in [1.54, 1.807) is 6.20 Å². The van der Waals surface area contributed by atoms with Gasteiger partial charge in [-0.25, -0.2) is 0 Å². The topological polar surface area (TPSA) is 50.9 Å². The first-order valence-electron chi connectivity index (χ1n) is 4.26. The van der Waals surface area contributed by atoms with E-state index in [0.717, 1.165) is 16.6 Å². The van der Waals surface area contributed by atoms with Crippen molar-refractivity contribution in [3.05, 3.63) is 30.5 Å². The van der Waals surface area contributed by atoms with E-state index in [0.29, 0.717) is 11.7 Å². The number of alkyl halides is 1. The van der Waals surface area contributed by atoms with Gasteiger partial charge in [-0.15, -0.1) is 11.6 Å². The summed E-state index contributed by atoms with van der Waals surface area (Å²) in [6.45, 7) is 0. The van der Waals surface area contributed by atoms with Crippen LogP contribution in [-0.4, -0.2) is 11.0 Å². The van der Waals surface area contributed by atoms with Gasteiger partial charge >= 0.3 is 0 Å². The summed E-state index contributed by atoms with van der Waals surface area (Å²) in [4.78, 5) is 4.22. The number of nitrogens with zero attached hydrogens (tertiary/aromatic N) is 1. The molecular formula is C10H10ClN3. The number of aromatic nitrogens is 1. The zero-order chi connectivity index (χ0) is 9.97. The van der Waals surface area contributed by atoms with Crippen molar-refractivity contribution in [3.63, 3.8) is 0 Å². The predicted octanol–water partition coefficient (Wildman–Crippen LogP) is 2.43. The molecule has 0 radical (unpaired) electrons. The number of hydrogen-bond donors (Lipinski definition) is 2. The minimum atomic E-state index is 0.332. The van der Waals surface area contributed by atoms with Crippen molar-refractivity contribution in [3.8, 4) is 0 Å². The number of rotatable bonds is 2. The third-order valence-electron chi connectivity index (χ3n) is 2.05. The zero-order valence-corrected chi connectivity index (χ0v) is 8.25. The molecule has 0 atom stereocenters. The van der Waals surface area contributed by atoms with Crippen molar-refractivity contribution in [2.24, 2.45) is 0 Å². The van der Waals surface area contributed by atoms with Crippen molar-refractivity contribution in [2.75, 3.05) is 17.1 Å². The Labute approximate surface area is 86.9 Å². The summed E-state index contributed by atoms with van der Waals surface area (Å²) in [6, 6.07) is 8.12. The van der Waals surface area contributed by atoms with Gasteiger partial charge in [-0.05, 0) is 6.07 Å². The quantitative estimate of drug-likeness (QED) is 0.588. The molecule has 0 aliphatic rings. The summed E-state index contributed by atoms with van der Waals surface area (Å²) >= 11 is 5.62. The van der Waals surface area contributed by atoms with Crippen LogP contribution < -0.4 is 11.1 Å². The molecule has 0 spiro atoms. The first-order valence-corrected chi connectivity index (χ1v) is 4.79. The van der Waals surface area contributed by atoms with E-state index in [4.69, 9.17) is 17.3 Å². The highest BCUT2D eigenvalue weighted by molar-refractivity contribution is 6.19. The van der Waals surface area contributed by atoms with Crippen molar-refractivity contribution in [1.29, 1.82) is 0 Å². The summed E-state index contributed by atoms with van der Waals surface area (Å²) in [5.41, 5.74) is 8.17. The smallest absolute Gasteiger partial charge is 0.0902 e. The minimum absolute atomic E-state index is 0.332. The number of anilines is 2. The van der Waals surface area contributed by atoms with Crippen molar-refractivity contribution in [1.82, 2.24) is 4.98 Å². The monoisotopic (exact) mass is 207 g/mol. The molecule has 4 heteroatoms. The fraction of sp³-hybridized carbons (Fsp3) is 0.100. The Morgan fingerprint density at radius 1 is 1.36 bits per heavy atom. The van der Waals surface area contributed by atoms with Gasteiger partial charge in [0, 0.05) is 5.39 Å². The first-order chi connectivity index (χ1) is 6.83. The molecule has 0 saturated heterocycles. The summed E-state index contributed by atoms with van der Waals surface area (Å²) in [5, 5.41) is 4.01. The highest BCUT2D eigenvalue weighted by Gasteiger charge is 2.04. The fourth-order valence-electron chi connectivity index (χ4n) is 1.42. The number of nitrogen functional groups attached to an aromatic ring is 1. The highest BCUT2D eigenvalue weighted by Crippen LogP contribution is 2.27. The van der Waals surface area contributed by atoms with Crippen molar-refractivity contribution in [2.45, 2.75) is 0 Å². The second kappa shape index (κ2) is 3.72. The average Bonchev–Trinajstić information content (AvgIpc) is 2.23. The summed E-state index contributed by atoms with van der Waals surface area (Å²) in [7, 11) is 0. The first kappa shape index (κ1) is 9.09. The largest absolute Gasteiger partial charge is 0.396 e. The molecule has 3 nitrogen and oxygen atoms in total. The molecule has 1 heterocycles. The van der Waals surface area contributed by atoms with Gasteiger partial charge < -0.3 is 11.1 Å². The molecule has 1 aromatic heterocycles. The average molecular weight is 208 g/mol. The molecule has 0 saturated carbocycles. The fourth-order valence-corrected chi connectivity index (χ4v) is 1.55. The van der Waals surface area contributed by atoms with Gasteiger partial charge in [0.05, 0.1) is 29.1 Å². The van der Waals surface area contributed by atoms with E-state index in [9.17, 15) is 0 Å². The van der Waals surface area contributed by atoms with Crippen LogP contribution in [0.25, 0.3) is 10.9 Å². The van der Waals surface area contributed by atoms with E-state index in [1.807, 2.05) is 24.3 Å². The summed E-state index contributed by atoms with van der Waals surface area (Å²) in [6.07, 6.45) is 1.64. The van der Waals surface area contributed by atoms with E-state index in [-0.39, 0.29) is 0 Å². The van der Waals surface area contributed by atoms with Crippen LogP contribution in [0.5, 0.6) is 0 Å². The molecule has 2 rings (SSSR count). The standard InChI is InChI=1S/C10H10ClN3/c11-6-14-10-7-3-1-2-4-9(7)13-5-8(10)12/h1-5H,6,12H2,(H,13,14). The second-order valence-corrected chi connectivity index (χ2v) is 3.18. The van der Waals surface area contributed by atoms with Gasteiger partial charge in [0.25, 0.3) is 0 Å². The van der Waals surface area contributed by atoms with Gasteiger partial charge in [0.2, 0.25) is 0 Å². The molecule has 0 bridgehead atoms. The van der Waals surface area contributed by atoms with E-state index < -0.39 is 0 Å². The molecule has 3 N–H and O–H groups in total. The molecule has 0 aliphatic heterocycles. The number of nitrogens with two attached hydrogens (primary N) is 1. The Morgan fingerprint density at radius 3 is 2.93 bits per heavy atom. The Kier molecular flexibility index (Phi) is 2.41. The lowest BCUT2D eigenvalue weighted by molar-refractivity contribution is 1.38. The maximum atomic E-state index is 5.79. The van der Waals surface area contributed by atoms with Crippen LogP contribution in [0.1, 0.15) is 0 Å². The molecule has 14 heavy (non-hydrogen) atoms. The molecular weight excluding hydrogens is 198 g/mol. The maximum absolute atomic E-state index is 5.79. The van der Waals surface area contributed by atoms with Crippen molar-refractivity contribution >= 4 is 33.9 Å². The molecule has 0 amide bonds. The summed E-state index contributed by atoms with van der Waals surface area (Å²) < 4.78 is 0. The number of halogens is 1. The third kappa shape index (κ3) is 1.46. The minimum Gasteiger partial charge on any atom is -0.396 e. The Bertz CT molecular complexity index is 456. The van der Waals surface area contributed by atoms with Crippen LogP contribution in [0.15, 0.2) is 30.5 Å². The molecule has 72 valence electrons. The lowest BCUT2D eigenvalue weighted by Gasteiger charge is -2.09. The normalized spacial score (nSPS) is 10.4. The van der Waals surface area contributed by atoms with Gasteiger partial charge in [-0.3, -0.25) is 4.98 Å². The van der Waals surface area contributed by atoms with Crippen LogP contribution in [0.3, 0.4) is 0 Å². The number of pyridine rings is 1. The van der Waals surface area contributed by atoms with Crippen molar-refractivity contribution < 1.29 is 0 Å². The van der Waals surface area contributed by atoms with Gasteiger partial charge in [-0.1, -0.05) is 18.2 Å². The summed E-state index contributed by atoms with van der Waals surface area (Å²) in [5.74, 6) is 0. The number of para-hydroxylation sites is 1. The predicted molar refractivity (Wildman–Crippen MR) is 60.5 cm³/mol. The maximum Gasteiger partial charge on any atom is 0.0902 e. The van der Waals surface area contributed by atoms with Gasteiger partial charge in [-0.2, -0.15) is 0 Å². The lowest BCUT2D eigenvalue weighted by Crippen LogP contribution is -2.01. The van der Waals surface area contributed by atoms with Crippen LogP contribution in [0, 0.1) is 0 Å². The van der Waals surface area contributed by atoms with Gasteiger partial charge in [0.15, 0.2) is 0 Å². The Morgan fingerprint density at radius 2 is 2.14 bits per heavy atom. The Hall–Kier alpha value is -1.48. The van der Waals surface area contributed by atoms with Gasteiger partial charge in [0.1, 0.15) is 0 Å². The van der Waals surface area contributed by atoms with E-state index in [1.165, 1.54) is 0 Å². The van der Waals surface area contributed by atoms with Crippen LogP contribution in [0.4, 0.5) is 11.4 Å². The SMILES string of the molecule is Nc1cnc2ccccc2c1NCCl. The van der Waals surface area contributed by atoms with E-state index >= 15 is 0 Å². The Balaban J connectivity index is 2.69. The van der Waals surface area contributed by atoms with Crippen LogP contribution in [0.2, 0.25) is 0 Å². The second-order valence-electron chi connectivity index (χ2n) is 2.92. The number of hydrogen-bond acceptors (Lipinski definition) is 3. The number of benzene rings is 1. The molecule has 0 aliphatic carbocycles. The zero-order valence-electron chi connectivity index (χ0n) is 7.50. The molecule has 2 aromatic rings. The van der Waals surface area contributed by atoms with E-state index in [2.05, 4.69) is 10.3 Å². The third-order valence-corrected chi connectivity index (χ3v) is 2.18. The molecule has 0 fully saturated rings. The highest BCUT2D eigenvalue weighted by atomic mass is 35.5. The number of fused-ring (bicyclic) bond motifs is 1. The van der Waals surface area contributed by atoms with Crippen LogP contribution >= 0.6 is 11.6 Å². The molecule has 1 aromatic carbocycles. The number of nitrogens with one attached hydrogen (secondary N) is 1.